The second-order valence-corrected chi connectivity index (χ2v) is 14.2. The van der Waals surface area contributed by atoms with Gasteiger partial charge in [0.05, 0.1) is 0 Å². The number of benzene rings is 10. The number of fused-ring (bicyclic) bond motifs is 13. The number of thiophene rings is 1. The molecule has 1 aromatic heterocycles. The maximum absolute atomic E-state index is 2.45. The largest absolute Gasteiger partial charge is 0.135 e. The molecular formula is C48H28S. The van der Waals surface area contributed by atoms with Crippen molar-refractivity contribution in [2.45, 2.75) is 0 Å². The van der Waals surface area contributed by atoms with Gasteiger partial charge in [-0.15, -0.1) is 11.3 Å². The molecule has 0 fully saturated rings. The Kier molecular flexibility index (Phi) is 5.64. The van der Waals surface area contributed by atoms with Gasteiger partial charge in [-0.3, -0.25) is 0 Å². The van der Waals surface area contributed by atoms with Gasteiger partial charge in [0.25, 0.3) is 0 Å². The summed E-state index contributed by atoms with van der Waals surface area (Å²) in [6, 6.07) is 63.1. The van der Waals surface area contributed by atoms with E-state index in [0.29, 0.717) is 0 Å². The summed E-state index contributed by atoms with van der Waals surface area (Å²) in [6.45, 7) is 0. The second kappa shape index (κ2) is 10.2. The number of rotatable bonds is 2. The van der Waals surface area contributed by atoms with Crippen LogP contribution in [0.1, 0.15) is 0 Å². The fourth-order valence-electron chi connectivity index (χ4n) is 8.55. The summed E-state index contributed by atoms with van der Waals surface area (Å²) in [5, 5.41) is 18.3. The monoisotopic (exact) mass is 636 g/mol. The van der Waals surface area contributed by atoms with Crippen LogP contribution in [-0.4, -0.2) is 0 Å². The molecule has 0 aliphatic carbocycles. The van der Waals surface area contributed by atoms with Gasteiger partial charge in [0.2, 0.25) is 0 Å². The van der Waals surface area contributed by atoms with Crippen molar-refractivity contribution in [1.29, 1.82) is 0 Å². The highest BCUT2D eigenvalue weighted by Gasteiger charge is 2.19. The highest BCUT2D eigenvalue weighted by molar-refractivity contribution is 7.26. The standard InChI is InChI=1S/C48H28S/c1-2-14-31-29(12-1)13-11-23-35(31)46-39-21-9-7-19-37(39)45(38-20-8-10-22-40(38)46)30-24-27-44-43(28-30)42-26-25-41-34-17-4-3-15-32(34)33-16-5-6-18-36(33)47(41)48(42)49-44/h1-28H. The van der Waals surface area contributed by atoms with Crippen LogP contribution in [0.3, 0.4) is 0 Å². The first kappa shape index (κ1) is 27.0. The van der Waals surface area contributed by atoms with E-state index >= 15 is 0 Å². The summed E-state index contributed by atoms with van der Waals surface area (Å²) < 4.78 is 2.69. The molecule has 0 aliphatic rings. The van der Waals surface area contributed by atoms with Gasteiger partial charge in [-0.05, 0) is 93.6 Å². The molecular weight excluding hydrogens is 609 g/mol. The summed E-state index contributed by atoms with van der Waals surface area (Å²) in [5.74, 6) is 0. The van der Waals surface area contributed by atoms with Crippen LogP contribution in [0.2, 0.25) is 0 Å². The molecule has 0 radical (unpaired) electrons. The van der Waals surface area contributed by atoms with E-state index in [1.54, 1.807) is 0 Å². The van der Waals surface area contributed by atoms with Crippen molar-refractivity contribution < 1.29 is 0 Å². The molecule has 0 saturated heterocycles. The van der Waals surface area contributed by atoms with Crippen molar-refractivity contribution in [2.24, 2.45) is 0 Å². The third-order valence-corrected chi connectivity index (χ3v) is 11.8. The lowest BCUT2D eigenvalue weighted by Crippen LogP contribution is -1.91. The molecule has 0 spiro atoms. The topological polar surface area (TPSA) is 0 Å². The van der Waals surface area contributed by atoms with Crippen molar-refractivity contribution in [2.75, 3.05) is 0 Å². The van der Waals surface area contributed by atoms with Gasteiger partial charge < -0.3 is 0 Å². The van der Waals surface area contributed by atoms with Gasteiger partial charge in [0.1, 0.15) is 0 Å². The maximum atomic E-state index is 2.45. The summed E-state index contributed by atoms with van der Waals surface area (Å²) in [4.78, 5) is 0. The summed E-state index contributed by atoms with van der Waals surface area (Å²) in [5.41, 5.74) is 5.14. The Morgan fingerprint density at radius 1 is 0.306 bits per heavy atom. The smallest absolute Gasteiger partial charge is 0.0440 e. The predicted octanol–water partition coefficient (Wildman–Crippen LogP) is 14.3. The Balaban J connectivity index is 1.23. The fraction of sp³-hybridized carbons (Fsp3) is 0. The molecule has 0 nitrogen and oxygen atoms in total. The molecule has 226 valence electrons. The van der Waals surface area contributed by atoms with Crippen LogP contribution in [0.25, 0.3) is 107 Å². The van der Waals surface area contributed by atoms with Crippen molar-refractivity contribution in [3.63, 3.8) is 0 Å². The molecule has 0 amide bonds. The van der Waals surface area contributed by atoms with E-state index in [-0.39, 0.29) is 0 Å². The minimum absolute atomic E-state index is 1.26. The molecule has 11 aromatic rings. The highest BCUT2D eigenvalue weighted by atomic mass is 32.1. The predicted molar refractivity (Wildman–Crippen MR) is 215 cm³/mol. The van der Waals surface area contributed by atoms with E-state index in [0.717, 1.165) is 0 Å². The van der Waals surface area contributed by atoms with E-state index in [4.69, 9.17) is 0 Å². The Morgan fingerprint density at radius 3 is 1.47 bits per heavy atom. The minimum atomic E-state index is 1.26. The Morgan fingerprint density at radius 2 is 0.796 bits per heavy atom. The summed E-state index contributed by atoms with van der Waals surface area (Å²) in [6.07, 6.45) is 0. The van der Waals surface area contributed by atoms with Crippen LogP contribution < -0.4 is 0 Å². The van der Waals surface area contributed by atoms with Crippen LogP contribution >= 0.6 is 11.3 Å². The average molecular weight is 637 g/mol. The summed E-state index contributed by atoms with van der Waals surface area (Å²) >= 11 is 1.93. The quantitative estimate of drug-likeness (QED) is 0.131. The van der Waals surface area contributed by atoms with Crippen molar-refractivity contribution in [3.8, 4) is 22.3 Å². The molecule has 11 rings (SSSR count). The van der Waals surface area contributed by atoms with E-state index < -0.39 is 0 Å². The van der Waals surface area contributed by atoms with Gasteiger partial charge >= 0.3 is 0 Å². The van der Waals surface area contributed by atoms with E-state index in [9.17, 15) is 0 Å². The number of hydrogen-bond acceptors (Lipinski definition) is 1. The van der Waals surface area contributed by atoms with Crippen LogP contribution in [0, 0.1) is 0 Å². The Bertz CT molecular complexity index is 3060. The first-order valence-electron chi connectivity index (χ1n) is 16.9. The SMILES string of the molecule is c1ccc2c(-c3c4ccccc4c(-c4ccc5sc6c(ccc7c8ccccc8c8ccccc8c76)c5c4)c4ccccc34)cccc2c1. The maximum Gasteiger partial charge on any atom is 0.0440 e. The minimum Gasteiger partial charge on any atom is -0.135 e. The molecule has 0 bridgehead atoms. The van der Waals surface area contributed by atoms with Crippen molar-refractivity contribution in [1.82, 2.24) is 0 Å². The zero-order valence-corrected chi connectivity index (χ0v) is 27.4. The number of hydrogen-bond donors (Lipinski definition) is 0. The van der Waals surface area contributed by atoms with E-state index in [1.807, 2.05) is 11.3 Å². The average Bonchev–Trinajstić information content (AvgIpc) is 3.55. The third-order valence-electron chi connectivity index (χ3n) is 10.6. The molecule has 49 heavy (non-hydrogen) atoms. The van der Waals surface area contributed by atoms with Crippen molar-refractivity contribution >= 4 is 96.1 Å². The van der Waals surface area contributed by atoms with Crippen LogP contribution in [-0.2, 0) is 0 Å². The van der Waals surface area contributed by atoms with Gasteiger partial charge in [-0.1, -0.05) is 158 Å². The van der Waals surface area contributed by atoms with Crippen LogP contribution in [0.15, 0.2) is 170 Å². The van der Waals surface area contributed by atoms with Gasteiger partial charge in [0, 0.05) is 25.6 Å². The van der Waals surface area contributed by atoms with Gasteiger partial charge in [-0.25, -0.2) is 0 Å². The van der Waals surface area contributed by atoms with Gasteiger partial charge in [-0.2, -0.15) is 0 Å². The first-order chi connectivity index (χ1) is 24.3. The highest BCUT2D eigenvalue weighted by Crippen LogP contribution is 2.48. The molecule has 0 atom stereocenters. The Hall–Kier alpha value is -6.02. The second-order valence-electron chi connectivity index (χ2n) is 13.1. The zero-order valence-electron chi connectivity index (χ0n) is 26.6. The lowest BCUT2D eigenvalue weighted by molar-refractivity contribution is 1.69. The third kappa shape index (κ3) is 3.79. The van der Waals surface area contributed by atoms with Crippen LogP contribution in [0.5, 0.6) is 0 Å². The molecule has 0 aliphatic heterocycles. The molecule has 0 N–H and O–H groups in total. The molecule has 1 heteroatoms. The molecule has 0 saturated carbocycles. The normalized spacial score (nSPS) is 12.1. The van der Waals surface area contributed by atoms with E-state index in [1.165, 1.54) is 107 Å². The zero-order chi connectivity index (χ0) is 32.1. The van der Waals surface area contributed by atoms with Crippen LogP contribution in [0.4, 0.5) is 0 Å². The fourth-order valence-corrected chi connectivity index (χ4v) is 9.79. The molecule has 0 unspecified atom stereocenters. The summed E-state index contributed by atoms with van der Waals surface area (Å²) in [7, 11) is 0. The lowest BCUT2D eigenvalue weighted by atomic mass is 9.84. The lowest BCUT2D eigenvalue weighted by Gasteiger charge is -2.19. The molecule has 10 aromatic carbocycles. The first-order valence-corrected chi connectivity index (χ1v) is 17.8. The molecule has 1 heterocycles. The Labute approximate surface area is 287 Å². The van der Waals surface area contributed by atoms with E-state index in [2.05, 4.69) is 170 Å². The van der Waals surface area contributed by atoms with Gasteiger partial charge in [0.15, 0.2) is 0 Å². The van der Waals surface area contributed by atoms with Crippen molar-refractivity contribution in [3.05, 3.63) is 170 Å².